The van der Waals surface area contributed by atoms with Crippen LogP contribution in [0.4, 0.5) is 0 Å². The molecule has 1 heterocycles. The van der Waals surface area contributed by atoms with Gasteiger partial charge in [-0.25, -0.2) is 4.68 Å². The first-order valence-corrected chi connectivity index (χ1v) is 9.26. The van der Waals surface area contributed by atoms with E-state index in [1.807, 2.05) is 48.6 Å². The SMILES string of the molecule is Clc1ccc(-c2nnnn2Cc2ccccc2OC2C=CC=CC2)c(Cl)c1. The minimum Gasteiger partial charge on any atom is -0.486 e. The van der Waals surface area contributed by atoms with Crippen LogP contribution in [0.15, 0.2) is 66.8 Å². The van der Waals surface area contributed by atoms with Crippen LogP contribution in [0.1, 0.15) is 12.0 Å². The Morgan fingerprint density at radius 2 is 2.00 bits per heavy atom. The number of benzene rings is 2. The molecule has 0 aliphatic heterocycles. The highest BCUT2D eigenvalue weighted by Gasteiger charge is 2.16. The highest BCUT2D eigenvalue weighted by atomic mass is 35.5. The minimum atomic E-state index is 0.0233. The van der Waals surface area contributed by atoms with Gasteiger partial charge in [-0.05, 0) is 40.8 Å². The molecular weight excluding hydrogens is 383 g/mol. The van der Waals surface area contributed by atoms with Gasteiger partial charge >= 0.3 is 0 Å². The molecular formula is C20H16Cl2N4O. The second-order valence-electron chi connectivity index (χ2n) is 6.10. The van der Waals surface area contributed by atoms with E-state index in [0.29, 0.717) is 22.4 Å². The van der Waals surface area contributed by atoms with Gasteiger partial charge in [-0.3, -0.25) is 0 Å². The summed E-state index contributed by atoms with van der Waals surface area (Å²) in [5, 5.41) is 13.1. The van der Waals surface area contributed by atoms with E-state index < -0.39 is 0 Å². The summed E-state index contributed by atoms with van der Waals surface area (Å²) in [6.45, 7) is 0.462. The molecule has 27 heavy (non-hydrogen) atoms. The molecule has 0 bridgehead atoms. The summed E-state index contributed by atoms with van der Waals surface area (Å²) in [4.78, 5) is 0. The van der Waals surface area contributed by atoms with Crippen LogP contribution in [0.5, 0.6) is 5.75 Å². The van der Waals surface area contributed by atoms with Crippen LogP contribution in [0.2, 0.25) is 10.0 Å². The number of hydrogen-bond donors (Lipinski definition) is 0. The topological polar surface area (TPSA) is 52.8 Å². The van der Waals surface area contributed by atoms with Crippen molar-refractivity contribution in [2.24, 2.45) is 0 Å². The van der Waals surface area contributed by atoms with E-state index in [2.05, 4.69) is 21.6 Å². The van der Waals surface area contributed by atoms with Crippen molar-refractivity contribution in [3.8, 4) is 17.1 Å². The molecule has 7 heteroatoms. The molecule has 0 radical (unpaired) electrons. The van der Waals surface area contributed by atoms with Crippen molar-refractivity contribution in [3.63, 3.8) is 0 Å². The molecule has 0 saturated heterocycles. The van der Waals surface area contributed by atoms with E-state index in [1.165, 1.54) is 0 Å². The van der Waals surface area contributed by atoms with Gasteiger partial charge in [0.1, 0.15) is 11.9 Å². The van der Waals surface area contributed by atoms with Gasteiger partial charge in [0.25, 0.3) is 0 Å². The Kier molecular flexibility index (Phi) is 5.23. The van der Waals surface area contributed by atoms with Crippen LogP contribution >= 0.6 is 23.2 Å². The summed E-state index contributed by atoms with van der Waals surface area (Å²) in [6, 6.07) is 13.1. The predicted molar refractivity (Wildman–Crippen MR) is 106 cm³/mol. The Labute approximate surface area is 166 Å². The van der Waals surface area contributed by atoms with Crippen molar-refractivity contribution >= 4 is 23.2 Å². The van der Waals surface area contributed by atoms with Gasteiger partial charge in [0.2, 0.25) is 0 Å². The van der Waals surface area contributed by atoms with Crippen molar-refractivity contribution < 1.29 is 4.74 Å². The fraction of sp³-hybridized carbons (Fsp3) is 0.150. The minimum absolute atomic E-state index is 0.0233. The lowest BCUT2D eigenvalue weighted by Crippen LogP contribution is -2.15. The van der Waals surface area contributed by atoms with Crippen molar-refractivity contribution in [3.05, 3.63) is 82.4 Å². The zero-order valence-electron chi connectivity index (χ0n) is 14.3. The molecule has 4 rings (SSSR count). The molecule has 0 N–H and O–H groups in total. The fourth-order valence-electron chi connectivity index (χ4n) is 2.89. The molecule has 5 nitrogen and oxygen atoms in total. The number of nitrogens with zero attached hydrogens (tertiary/aromatic N) is 4. The van der Waals surface area contributed by atoms with Gasteiger partial charge in [0, 0.05) is 22.6 Å². The first-order valence-electron chi connectivity index (χ1n) is 8.50. The second-order valence-corrected chi connectivity index (χ2v) is 6.94. The average molecular weight is 399 g/mol. The van der Waals surface area contributed by atoms with Crippen molar-refractivity contribution in [2.75, 3.05) is 0 Å². The highest BCUT2D eigenvalue weighted by molar-refractivity contribution is 6.36. The number of ether oxygens (including phenoxy) is 1. The maximum absolute atomic E-state index is 6.32. The summed E-state index contributed by atoms with van der Waals surface area (Å²) in [5.41, 5.74) is 1.71. The van der Waals surface area contributed by atoms with Crippen LogP contribution in [-0.4, -0.2) is 26.3 Å². The van der Waals surface area contributed by atoms with Crippen LogP contribution in [-0.2, 0) is 6.54 Å². The quantitative estimate of drug-likeness (QED) is 0.609. The van der Waals surface area contributed by atoms with Crippen LogP contribution in [0.3, 0.4) is 0 Å². The molecule has 2 aromatic carbocycles. The van der Waals surface area contributed by atoms with Gasteiger partial charge in [-0.15, -0.1) is 5.10 Å². The van der Waals surface area contributed by atoms with Crippen LogP contribution in [0.25, 0.3) is 11.4 Å². The largest absolute Gasteiger partial charge is 0.486 e. The Morgan fingerprint density at radius 3 is 2.81 bits per heavy atom. The zero-order valence-corrected chi connectivity index (χ0v) is 15.8. The maximum atomic E-state index is 6.32. The number of halogens is 2. The summed E-state index contributed by atoms with van der Waals surface area (Å²) < 4.78 is 7.86. The molecule has 0 saturated carbocycles. The zero-order chi connectivity index (χ0) is 18.6. The molecule has 0 amide bonds. The van der Waals surface area contributed by atoms with Crippen molar-refractivity contribution in [2.45, 2.75) is 19.1 Å². The number of tetrazole rings is 1. The third-order valence-electron chi connectivity index (χ3n) is 4.22. The van der Waals surface area contributed by atoms with Gasteiger partial charge < -0.3 is 4.74 Å². The number of allylic oxidation sites excluding steroid dienone is 2. The summed E-state index contributed by atoms with van der Waals surface area (Å²) in [7, 11) is 0. The molecule has 136 valence electrons. The second kappa shape index (κ2) is 7.94. The number of para-hydroxylation sites is 1. The molecule has 3 aromatic rings. The average Bonchev–Trinajstić information content (AvgIpc) is 3.12. The first-order chi connectivity index (χ1) is 13.2. The standard InChI is InChI=1S/C20H16Cl2N4O/c21-15-10-11-17(18(22)12-15)20-23-24-25-26(20)13-14-6-4-5-9-19(14)27-16-7-2-1-3-8-16/h1-7,9-12,16H,8,13H2. The lowest BCUT2D eigenvalue weighted by Gasteiger charge is -2.18. The molecule has 1 aromatic heterocycles. The number of hydrogen-bond acceptors (Lipinski definition) is 4. The Balaban J connectivity index is 1.61. The molecule has 0 spiro atoms. The third kappa shape index (κ3) is 4.04. The van der Waals surface area contributed by atoms with Gasteiger partial charge in [-0.2, -0.15) is 0 Å². The van der Waals surface area contributed by atoms with Crippen molar-refractivity contribution in [1.82, 2.24) is 20.2 Å². The molecule has 1 atom stereocenters. The predicted octanol–water partition coefficient (Wildman–Crippen LogP) is 4.96. The van der Waals surface area contributed by atoms with E-state index in [9.17, 15) is 0 Å². The van der Waals surface area contributed by atoms with E-state index in [4.69, 9.17) is 27.9 Å². The summed E-state index contributed by atoms with van der Waals surface area (Å²) in [5.74, 6) is 1.39. The molecule has 1 aliphatic carbocycles. The number of aromatic nitrogens is 4. The number of rotatable bonds is 5. The Morgan fingerprint density at radius 1 is 1.11 bits per heavy atom. The van der Waals surface area contributed by atoms with Crippen molar-refractivity contribution in [1.29, 1.82) is 0 Å². The Hall–Kier alpha value is -2.63. The van der Waals surface area contributed by atoms with Gasteiger partial charge in [0.05, 0.1) is 11.6 Å². The van der Waals surface area contributed by atoms with Gasteiger partial charge in [0.15, 0.2) is 5.82 Å². The lowest BCUT2D eigenvalue weighted by molar-refractivity contribution is 0.248. The maximum Gasteiger partial charge on any atom is 0.183 e. The normalized spacial score (nSPS) is 15.9. The molecule has 1 aliphatic rings. The first kappa shape index (κ1) is 17.8. The summed E-state index contributed by atoms with van der Waals surface area (Å²) >= 11 is 12.3. The van der Waals surface area contributed by atoms with Crippen LogP contribution < -0.4 is 4.74 Å². The smallest absolute Gasteiger partial charge is 0.183 e. The Bertz CT molecular complexity index is 1010. The van der Waals surface area contributed by atoms with E-state index >= 15 is 0 Å². The lowest BCUT2D eigenvalue weighted by atomic mass is 10.1. The van der Waals surface area contributed by atoms with E-state index in [1.54, 1.807) is 16.8 Å². The molecule has 0 fully saturated rings. The highest BCUT2D eigenvalue weighted by Crippen LogP contribution is 2.30. The van der Waals surface area contributed by atoms with Crippen LogP contribution in [0, 0.1) is 0 Å². The fourth-order valence-corrected chi connectivity index (χ4v) is 3.39. The monoisotopic (exact) mass is 398 g/mol. The molecule has 1 unspecified atom stereocenters. The van der Waals surface area contributed by atoms with Gasteiger partial charge in [-0.1, -0.05) is 59.6 Å². The van der Waals surface area contributed by atoms with E-state index in [-0.39, 0.29) is 6.10 Å². The summed E-state index contributed by atoms with van der Waals surface area (Å²) in [6.07, 6.45) is 9.03. The van der Waals surface area contributed by atoms with E-state index in [0.717, 1.165) is 23.3 Å². The third-order valence-corrected chi connectivity index (χ3v) is 4.76.